The van der Waals surface area contributed by atoms with E-state index in [4.69, 9.17) is 23.4 Å². The second kappa shape index (κ2) is 15.6. The molecule has 1 amide bonds. The molecule has 1 fully saturated rings. The predicted molar refractivity (Wildman–Crippen MR) is 180 cm³/mol. The highest BCUT2D eigenvalue weighted by Crippen LogP contribution is 2.44. The van der Waals surface area contributed by atoms with Gasteiger partial charge in [-0.25, -0.2) is 9.59 Å². The molecule has 0 spiro atoms. The van der Waals surface area contributed by atoms with E-state index < -0.39 is 63.2 Å². The molecular weight excluding hydrogens is 636 g/mol. The molecule has 2 aromatic carbocycles. The third kappa shape index (κ3) is 8.27. The molecule has 1 aliphatic heterocycles. The molecule has 2 aromatic rings. The molecule has 4 rings (SSSR count). The molecule has 0 radical (unpaired) electrons. The number of hydrogen-bond donors (Lipinski definition) is 3. The molecule has 0 saturated carbocycles. The predicted octanol–water partition coefficient (Wildman–Crippen LogP) is 5.18. The van der Waals surface area contributed by atoms with Gasteiger partial charge >= 0.3 is 12.1 Å². The van der Waals surface area contributed by atoms with Crippen molar-refractivity contribution >= 4 is 20.4 Å². The largest absolute Gasteiger partial charge is 0.460 e. The molecule has 1 saturated heterocycles. The van der Waals surface area contributed by atoms with E-state index in [1.165, 1.54) is 13.0 Å². The van der Waals surface area contributed by atoms with Crippen molar-refractivity contribution in [1.29, 1.82) is 0 Å². The summed E-state index contributed by atoms with van der Waals surface area (Å²) in [5.41, 5.74) is 13.4. The van der Waals surface area contributed by atoms with Gasteiger partial charge in [-0.2, -0.15) is 0 Å². The number of azide groups is 1. The van der Waals surface area contributed by atoms with Crippen molar-refractivity contribution in [1.82, 2.24) is 5.32 Å². The average molecular weight is 683 g/mol. The summed E-state index contributed by atoms with van der Waals surface area (Å²) < 4.78 is 29.2. The molecule has 7 atom stereocenters. The number of benzene rings is 2. The topological polar surface area (TPSA) is 182 Å². The average Bonchev–Trinajstić information content (AvgIpc) is 3.37. The summed E-state index contributed by atoms with van der Waals surface area (Å²) in [4.78, 5) is 29.1. The Labute approximate surface area is 281 Å². The number of esters is 1. The quantitative estimate of drug-likeness (QED) is 0.0641. The molecule has 13 nitrogen and oxygen atoms in total. The summed E-state index contributed by atoms with van der Waals surface area (Å²) in [6.45, 7) is 15.1. The number of ether oxygens (including phenoxy) is 4. The maximum Gasteiger partial charge on any atom is 0.407 e. The van der Waals surface area contributed by atoms with Gasteiger partial charge < -0.3 is 38.9 Å². The second-order valence-electron chi connectivity index (χ2n) is 13.5. The Morgan fingerprint density at radius 3 is 2.23 bits per heavy atom. The third-order valence-electron chi connectivity index (χ3n) is 9.30. The number of nitrogens with one attached hydrogen (secondary N) is 1. The Morgan fingerprint density at radius 2 is 1.67 bits per heavy atom. The van der Waals surface area contributed by atoms with Gasteiger partial charge in [-0.3, -0.25) is 0 Å². The zero-order chi connectivity index (χ0) is 35.2. The van der Waals surface area contributed by atoms with Crippen molar-refractivity contribution in [2.24, 2.45) is 5.11 Å². The molecule has 0 bridgehead atoms. The number of amides is 1. The number of aliphatic hydroxyl groups is 2. The minimum atomic E-state index is -2.27. The van der Waals surface area contributed by atoms with Crippen molar-refractivity contribution in [2.75, 3.05) is 19.8 Å². The Hall–Kier alpha value is -3.75. The lowest BCUT2D eigenvalue weighted by atomic mass is 9.97. The van der Waals surface area contributed by atoms with E-state index in [2.05, 4.69) is 42.7 Å². The van der Waals surface area contributed by atoms with Crippen molar-refractivity contribution in [2.45, 2.75) is 94.5 Å². The number of hydrogen-bond acceptors (Lipinski definition) is 10. The first-order valence-electron chi connectivity index (χ1n) is 15.9. The fourth-order valence-corrected chi connectivity index (χ4v) is 6.53. The number of fused-ring (bicyclic) bond motifs is 3. The van der Waals surface area contributed by atoms with Gasteiger partial charge in [0.2, 0.25) is 0 Å². The van der Waals surface area contributed by atoms with Gasteiger partial charge in [0.15, 0.2) is 20.6 Å². The van der Waals surface area contributed by atoms with Crippen LogP contribution in [0.4, 0.5) is 4.79 Å². The van der Waals surface area contributed by atoms with E-state index in [0.29, 0.717) is 0 Å². The van der Waals surface area contributed by atoms with Crippen LogP contribution in [0.3, 0.4) is 0 Å². The maximum absolute atomic E-state index is 13.2. The van der Waals surface area contributed by atoms with Crippen molar-refractivity contribution < 1.29 is 43.2 Å². The third-order valence-corrected chi connectivity index (χ3v) is 13.8. The van der Waals surface area contributed by atoms with E-state index in [1.807, 2.05) is 61.6 Å². The smallest absolute Gasteiger partial charge is 0.407 e. The zero-order valence-electron chi connectivity index (χ0n) is 28.2. The number of rotatable bonds is 13. The normalized spacial score (nSPS) is 23.5. The standard InChI is InChI=1S/C34H46N4O9Si/c1-8-17-43-31(41)27(36-33(42)44-18-25-23-15-11-9-13-21(23)22-14-10-12-16-24(22)25)20(2)46-32-28(37-38-35)30(40)29(39)26(47-32)19-45-48(6,7)34(3,4)5/h8-16,20,25-30,32,39-40H,1,17-19H2,2-7H3,(H,36,42)/t20-,26-,27?,28-,29+,30-,32+/m1/s1. The first-order chi connectivity index (χ1) is 22.7. The fraction of sp³-hybridized carbons (Fsp3) is 0.529. The highest BCUT2D eigenvalue weighted by Gasteiger charge is 2.48. The fourth-order valence-electron chi connectivity index (χ4n) is 5.51. The molecule has 1 unspecified atom stereocenters. The van der Waals surface area contributed by atoms with Crippen LogP contribution in [0.25, 0.3) is 21.6 Å². The van der Waals surface area contributed by atoms with Crippen molar-refractivity contribution in [3.8, 4) is 11.1 Å². The van der Waals surface area contributed by atoms with Crippen LogP contribution in [-0.4, -0.2) is 93.2 Å². The lowest BCUT2D eigenvalue weighted by Gasteiger charge is -2.44. The van der Waals surface area contributed by atoms with Gasteiger partial charge in [0.25, 0.3) is 0 Å². The van der Waals surface area contributed by atoms with Crippen LogP contribution in [0, 0.1) is 0 Å². The lowest BCUT2D eigenvalue weighted by Crippen LogP contribution is -2.61. The van der Waals surface area contributed by atoms with Crippen LogP contribution in [0.15, 0.2) is 66.3 Å². The van der Waals surface area contributed by atoms with E-state index in [1.54, 1.807) is 0 Å². The van der Waals surface area contributed by atoms with E-state index in [-0.39, 0.29) is 30.8 Å². The Morgan fingerprint density at radius 1 is 1.06 bits per heavy atom. The zero-order valence-corrected chi connectivity index (χ0v) is 29.2. The molecule has 1 aliphatic carbocycles. The van der Waals surface area contributed by atoms with E-state index in [0.717, 1.165) is 22.3 Å². The van der Waals surface area contributed by atoms with Crippen LogP contribution in [0.2, 0.25) is 18.1 Å². The van der Waals surface area contributed by atoms with Crippen LogP contribution in [0.5, 0.6) is 0 Å². The number of aliphatic hydroxyl groups excluding tert-OH is 2. The molecule has 3 N–H and O–H groups in total. The van der Waals surface area contributed by atoms with E-state index >= 15 is 0 Å². The summed E-state index contributed by atoms with van der Waals surface area (Å²) in [5.74, 6) is -1.05. The minimum Gasteiger partial charge on any atom is -0.460 e. The lowest BCUT2D eigenvalue weighted by molar-refractivity contribution is -0.277. The second-order valence-corrected chi connectivity index (χ2v) is 18.3. The van der Waals surface area contributed by atoms with Gasteiger partial charge in [-0.1, -0.05) is 87.1 Å². The number of carbonyl (C=O) groups excluding carboxylic acids is 2. The minimum absolute atomic E-state index is 0.00814. The number of carbonyl (C=O) groups is 2. The highest BCUT2D eigenvalue weighted by molar-refractivity contribution is 6.74. The monoisotopic (exact) mass is 682 g/mol. The van der Waals surface area contributed by atoms with Crippen LogP contribution >= 0.6 is 0 Å². The molecule has 1 heterocycles. The number of nitrogens with zero attached hydrogens (tertiary/aromatic N) is 3. The Kier molecular flexibility index (Phi) is 12.1. The Bertz CT molecular complexity index is 1460. The molecule has 2 aliphatic rings. The first-order valence-corrected chi connectivity index (χ1v) is 18.8. The molecule has 260 valence electrons. The molecule has 48 heavy (non-hydrogen) atoms. The Balaban J connectivity index is 1.48. The van der Waals surface area contributed by atoms with Gasteiger partial charge in [0.05, 0.1) is 18.8 Å². The summed E-state index contributed by atoms with van der Waals surface area (Å²) in [6.07, 6.45) is -6.14. The highest BCUT2D eigenvalue weighted by atomic mass is 28.4. The van der Waals surface area contributed by atoms with Gasteiger partial charge in [0, 0.05) is 10.8 Å². The number of alkyl carbamates (subject to hydrolysis) is 1. The maximum atomic E-state index is 13.2. The summed E-state index contributed by atoms with van der Waals surface area (Å²) in [6, 6.07) is 13.0. The molecule has 14 heteroatoms. The summed E-state index contributed by atoms with van der Waals surface area (Å²) in [5, 5.41) is 27.8. The van der Waals surface area contributed by atoms with Crippen LogP contribution in [-0.2, 0) is 28.2 Å². The van der Waals surface area contributed by atoms with E-state index in [9.17, 15) is 25.3 Å². The van der Waals surface area contributed by atoms with Crippen molar-refractivity contribution in [3.05, 3.63) is 82.8 Å². The van der Waals surface area contributed by atoms with Gasteiger partial charge in [-0.05, 0) is 52.8 Å². The van der Waals surface area contributed by atoms with Gasteiger partial charge in [0.1, 0.15) is 31.5 Å². The van der Waals surface area contributed by atoms with Gasteiger partial charge in [-0.15, -0.1) is 0 Å². The molecule has 0 aromatic heterocycles. The summed E-state index contributed by atoms with van der Waals surface area (Å²) in [7, 11) is -2.27. The van der Waals surface area contributed by atoms with Crippen LogP contribution < -0.4 is 5.32 Å². The SMILES string of the molecule is C=CCOC(=O)C(NC(=O)OCC1c2ccccc2-c2ccccc21)[C@@H](C)O[C@H]1O[C@H](CO[Si](C)(C)C(C)(C)C)[C@H](O)[C@H](O)[C@H]1N=[N+]=[N-]. The van der Waals surface area contributed by atoms with Crippen molar-refractivity contribution in [3.63, 3.8) is 0 Å². The molecular formula is C34H46N4O9Si. The first kappa shape index (κ1) is 37.1. The summed E-state index contributed by atoms with van der Waals surface area (Å²) >= 11 is 0. The van der Waals surface area contributed by atoms with Crippen LogP contribution in [0.1, 0.15) is 44.7 Å².